The molecule has 0 saturated carbocycles. The maximum Gasteiger partial charge on any atom is 0.352 e. The van der Waals surface area contributed by atoms with Gasteiger partial charge in [-0.25, -0.2) is 13.2 Å². The number of carboxylic acid groups (broad SMARTS) is 1. The average molecular weight is 431 g/mol. The van der Waals surface area contributed by atoms with Crippen LogP contribution in [0, 0.1) is 17.0 Å². The summed E-state index contributed by atoms with van der Waals surface area (Å²) >= 11 is 0. The topological polar surface area (TPSA) is 141 Å². The monoisotopic (exact) mass is 431 g/mol. The number of hydrogen-bond acceptors (Lipinski definition) is 6. The molecule has 0 saturated heterocycles. The van der Waals surface area contributed by atoms with E-state index in [1.54, 1.807) is 25.3 Å². The zero-order valence-electron chi connectivity index (χ0n) is 15.9. The lowest BCUT2D eigenvalue weighted by molar-refractivity contribution is -0.386. The third kappa shape index (κ3) is 3.96. The normalized spacial score (nSPS) is 11.1. The second-order valence-electron chi connectivity index (χ2n) is 6.27. The third-order valence-electron chi connectivity index (χ3n) is 4.33. The van der Waals surface area contributed by atoms with E-state index in [4.69, 9.17) is 4.74 Å². The van der Waals surface area contributed by atoms with Crippen LogP contribution in [0.5, 0.6) is 5.75 Å². The summed E-state index contributed by atoms with van der Waals surface area (Å²) in [7, 11) is -2.86. The number of ether oxygens (including phenoxy) is 1. The Morgan fingerprint density at radius 3 is 2.53 bits per heavy atom. The molecule has 0 aliphatic carbocycles. The summed E-state index contributed by atoms with van der Waals surface area (Å²) in [5.74, 6) is -1.15. The zero-order chi connectivity index (χ0) is 22.1. The fraction of sp³-hybridized carbons (Fsp3) is 0.105. The third-order valence-corrected chi connectivity index (χ3v) is 5.71. The van der Waals surface area contributed by atoms with E-state index in [1.165, 1.54) is 42.0 Å². The molecule has 3 aromatic rings. The molecule has 11 heteroatoms. The quantitative estimate of drug-likeness (QED) is 0.432. The van der Waals surface area contributed by atoms with Crippen LogP contribution in [-0.4, -0.2) is 36.1 Å². The van der Waals surface area contributed by atoms with Crippen molar-refractivity contribution in [2.24, 2.45) is 0 Å². The number of carbonyl (C=O) groups is 1. The molecule has 30 heavy (non-hydrogen) atoms. The van der Waals surface area contributed by atoms with Gasteiger partial charge in [-0.3, -0.25) is 14.8 Å². The predicted octanol–water partition coefficient (Wildman–Crippen LogP) is 3.20. The maximum absolute atomic E-state index is 12.7. The fourth-order valence-electron chi connectivity index (χ4n) is 2.95. The number of hydrogen-bond donors (Lipinski definition) is 2. The lowest BCUT2D eigenvalue weighted by Crippen LogP contribution is -2.14. The highest BCUT2D eigenvalue weighted by molar-refractivity contribution is 7.92. The fourth-order valence-corrected chi connectivity index (χ4v) is 4.02. The number of aromatic nitrogens is 1. The average Bonchev–Trinajstić information content (AvgIpc) is 3.17. The number of methoxy groups -OCH3 is 1. The van der Waals surface area contributed by atoms with Gasteiger partial charge >= 0.3 is 11.7 Å². The molecule has 0 aliphatic heterocycles. The highest BCUT2D eigenvalue weighted by atomic mass is 32.2. The van der Waals surface area contributed by atoms with E-state index < -0.39 is 26.6 Å². The molecule has 10 nitrogen and oxygen atoms in total. The summed E-state index contributed by atoms with van der Waals surface area (Å²) in [4.78, 5) is 21.5. The van der Waals surface area contributed by atoms with E-state index in [0.717, 1.165) is 6.07 Å². The van der Waals surface area contributed by atoms with Crippen molar-refractivity contribution in [1.29, 1.82) is 0 Å². The molecule has 3 rings (SSSR count). The van der Waals surface area contributed by atoms with Gasteiger partial charge in [0.1, 0.15) is 5.69 Å². The van der Waals surface area contributed by atoms with Gasteiger partial charge in [-0.15, -0.1) is 0 Å². The maximum atomic E-state index is 12.7. The number of rotatable bonds is 7. The van der Waals surface area contributed by atoms with Gasteiger partial charge in [0.2, 0.25) is 0 Å². The number of benzene rings is 2. The summed E-state index contributed by atoms with van der Waals surface area (Å²) in [5.41, 5.74) is 1.01. The Morgan fingerprint density at radius 1 is 1.20 bits per heavy atom. The van der Waals surface area contributed by atoms with Crippen molar-refractivity contribution in [1.82, 2.24) is 4.57 Å². The molecule has 0 atom stereocenters. The van der Waals surface area contributed by atoms with Crippen LogP contribution in [0.1, 0.15) is 16.1 Å². The Bertz CT molecular complexity index is 1250. The summed E-state index contributed by atoms with van der Waals surface area (Å²) in [6.07, 6.45) is 1.59. The molecule has 0 aliphatic rings. The molecule has 0 amide bonds. The van der Waals surface area contributed by atoms with E-state index >= 15 is 0 Å². The smallest absolute Gasteiger partial charge is 0.352 e. The van der Waals surface area contributed by atoms with Crippen molar-refractivity contribution in [3.05, 3.63) is 76.1 Å². The number of anilines is 1. The van der Waals surface area contributed by atoms with Gasteiger partial charge < -0.3 is 14.4 Å². The number of aromatic carboxylic acids is 1. The molecular weight excluding hydrogens is 414 g/mol. The lowest BCUT2D eigenvalue weighted by atomic mass is 10.1. The predicted molar refractivity (Wildman–Crippen MR) is 108 cm³/mol. The van der Waals surface area contributed by atoms with E-state index in [2.05, 4.69) is 4.72 Å². The molecule has 156 valence electrons. The Kier molecular flexibility index (Phi) is 5.47. The molecule has 0 spiro atoms. The molecule has 0 radical (unpaired) electrons. The Hall–Kier alpha value is -3.86. The van der Waals surface area contributed by atoms with Gasteiger partial charge in [-0.05, 0) is 55.0 Å². The van der Waals surface area contributed by atoms with Gasteiger partial charge in [0, 0.05) is 23.6 Å². The van der Waals surface area contributed by atoms with Crippen molar-refractivity contribution in [2.75, 3.05) is 11.8 Å². The molecular formula is C19H17N3O7S. The van der Waals surface area contributed by atoms with Crippen LogP contribution in [0.25, 0.3) is 5.69 Å². The van der Waals surface area contributed by atoms with Gasteiger partial charge in [0.25, 0.3) is 10.0 Å². The van der Waals surface area contributed by atoms with Gasteiger partial charge in [0.15, 0.2) is 5.75 Å². The Balaban J connectivity index is 1.94. The molecule has 0 bridgehead atoms. The first-order chi connectivity index (χ1) is 14.1. The molecule has 0 fully saturated rings. The standard InChI is InChI=1S/C19H17N3O7S/c1-12-10-13(5-7-15(12)21-9-3-4-16(21)19(23)24)20-30(27,28)14-6-8-18(29-2)17(11-14)22(25)26/h3-11,20H,1-2H3,(H,23,24). The number of nitro benzene ring substituents is 1. The van der Waals surface area contributed by atoms with Crippen LogP contribution in [-0.2, 0) is 10.0 Å². The molecule has 1 heterocycles. The van der Waals surface area contributed by atoms with Crippen LogP contribution < -0.4 is 9.46 Å². The SMILES string of the molecule is COc1ccc(S(=O)(=O)Nc2ccc(-n3cccc3C(=O)O)c(C)c2)cc1[N+](=O)[O-]. The Labute approximate surface area is 171 Å². The molecule has 2 aromatic carbocycles. The second kappa shape index (κ2) is 7.87. The van der Waals surface area contributed by atoms with E-state index in [1.807, 2.05) is 0 Å². The van der Waals surface area contributed by atoms with E-state index in [9.17, 15) is 28.4 Å². The highest BCUT2D eigenvalue weighted by Crippen LogP contribution is 2.30. The van der Waals surface area contributed by atoms with Crippen molar-refractivity contribution in [3.63, 3.8) is 0 Å². The summed E-state index contributed by atoms with van der Waals surface area (Å²) < 4.78 is 34.1. The van der Waals surface area contributed by atoms with Gasteiger partial charge in [-0.2, -0.15) is 0 Å². The zero-order valence-corrected chi connectivity index (χ0v) is 16.7. The minimum Gasteiger partial charge on any atom is -0.490 e. The minimum atomic E-state index is -4.11. The largest absolute Gasteiger partial charge is 0.490 e. The van der Waals surface area contributed by atoms with E-state index in [-0.39, 0.29) is 22.0 Å². The minimum absolute atomic E-state index is 0.0555. The number of nitro groups is 1. The number of nitrogens with one attached hydrogen (secondary N) is 1. The molecule has 1 aromatic heterocycles. The first-order valence-corrected chi connectivity index (χ1v) is 9.99. The molecule has 0 unspecified atom stereocenters. The van der Waals surface area contributed by atoms with Crippen molar-refractivity contribution in [3.8, 4) is 11.4 Å². The van der Waals surface area contributed by atoms with Crippen LogP contribution >= 0.6 is 0 Å². The second-order valence-corrected chi connectivity index (χ2v) is 7.95. The van der Waals surface area contributed by atoms with Crippen LogP contribution in [0.15, 0.2) is 59.6 Å². The van der Waals surface area contributed by atoms with E-state index in [0.29, 0.717) is 11.3 Å². The van der Waals surface area contributed by atoms with Crippen molar-refractivity contribution < 1.29 is 28.0 Å². The highest BCUT2D eigenvalue weighted by Gasteiger charge is 2.22. The van der Waals surface area contributed by atoms with Crippen molar-refractivity contribution >= 4 is 27.4 Å². The number of aryl methyl sites for hydroxylation is 1. The first-order valence-electron chi connectivity index (χ1n) is 8.51. The molecule has 2 N–H and O–H groups in total. The van der Waals surface area contributed by atoms with Crippen LogP contribution in [0.4, 0.5) is 11.4 Å². The van der Waals surface area contributed by atoms with Gasteiger partial charge in [-0.1, -0.05) is 0 Å². The summed E-state index contributed by atoms with van der Waals surface area (Å²) in [6.45, 7) is 1.71. The van der Waals surface area contributed by atoms with Crippen LogP contribution in [0.2, 0.25) is 0 Å². The number of sulfonamides is 1. The Morgan fingerprint density at radius 2 is 1.93 bits per heavy atom. The van der Waals surface area contributed by atoms with Crippen LogP contribution in [0.3, 0.4) is 0 Å². The lowest BCUT2D eigenvalue weighted by Gasteiger charge is -2.13. The summed E-state index contributed by atoms with van der Waals surface area (Å²) in [6, 6.07) is 11.0. The number of nitrogens with zero attached hydrogens (tertiary/aromatic N) is 2. The summed E-state index contributed by atoms with van der Waals surface area (Å²) in [5, 5.41) is 20.4. The van der Waals surface area contributed by atoms with Crippen molar-refractivity contribution in [2.45, 2.75) is 11.8 Å². The van der Waals surface area contributed by atoms with Gasteiger partial charge in [0.05, 0.1) is 16.9 Å². The first kappa shape index (κ1) is 20.9. The number of carboxylic acids is 1.